The van der Waals surface area contributed by atoms with Crippen LogP contribution < -0.4 is 4.74 Å². The number of benzene rings is 1. The monoisotopic (exact) mass is 353 g/mol. The van der Waals surface area contributed by atoms with Crippen LogP contribution >= 0.6 is 0 Å². The Balaban J connectivity index is 1.57. The Labute approximate surface area is 150 Å². The number of H-pyrrole nitrogens is 1. The molecule has 4 rings (SSSR count). The summed E-state index contributed by atoms with van der Waals surface area (Å²) >= 11 is 0. The Morgan fingerprint density at radius 2 is 2.15 bits per heavy atom. The van der Waals surface area contributed by atoms with Crippen molar-refractivity contribution < 1.29 is 13.9 Å². The number of amides is 1. The molecule has 5 nitrogen and oxygen atoms in total. The minimum atomic E-state index is -0.273. The maximum atomic E-state index is 13.6. The predicted octanol–water partition coefficient (Wildman–Crippen LogP) is 3.69. The molecule has 3 aromatic rings. The molecule has 134 valence electrons. The van der Waals surface area contributed by atoms with E-state index in [2.05, 4.69) is 9.97 Å². The molecular formula is C20H20FN3O2. The Hall–Kier alpha value is -2.89. The summed E-state index contributed by atoms with van der Waals surface area (Å²) in [5.41, 5.74) is 3.34. The van der Waals surface area contributed by atoms with Crippen LogP contribution in [0.3, 0.4) is 0 Å². The van der Waals surface area contributed by atoms with Crippen molar-refractivity contribution in [2.75, 3.05) is 6.54 Å². The third kappa shape index (κ3) is 3.03. The lowest BCUT2D eigenvalue weighted by molar-refractivity contribution is 0.0729. The standard InChI is InChI=1S/C20H20FN3O2/c1-12(2)26-14-4-6-19(22-10-14)20(25)24-8-7-18-16(11-24)15-9-13(21)3-5-17(15)23-18/h3-6,9-10,12,23H,7-8,11H2,1-2H3. The number of pyridine rings is 1. The van der Waals surface area contributed by atoms with E-state index in [1.807, 2.05) is 13.8 Å². The lowest BCUT2D eigenvalue weighted by Crippen LogP contribution is -2.36. The van der Waals surface area contributed by atoms with Crippen molar-refractivity contribution in [1.29, 1.82) is 0 Å². The number of halogens is 1. The van der Waals surface area contributed by atoms with Crippen LogP contribution in [0, 0.1) is 5.82 Å². The van der Waals surface area contributed by atoms with Gasteiger partial charge in [-0.2, -0.15) is 0 Å². The normalized spacial score (nSPS) is 13.9. The van der Waals surface area contributed by atoms with Gasteiger partial charge in [0.25, 0.3) is 5.91 Å². The Kier molecular flexibility index (Phi) is 4.11. The van der Waals surface area contributed by atoms with E-state index in [1.165, 1.54) is 12.1 Å². The van der Waals surface area contributed by atoms with Crippen LogP contribution in [-0.2, 0) is 13.0 Å². The van der Waals surface area contributed by atoms with Crippen molar-refractivity contribution in [2.24, 2.45) is 0 Å². The topological polar surface area (TPSA) is 58.2 Å². The van der Waals surface area contributed by atoms with Crippen LogP contribution in [0.5, 0.6) is 5.75 Å². The largest absolute Gasteiger partial charge is 0.489 e. The van der Waals surface area contributed by atoms with E-state index in [9.17, 15) is 9.18 Å². The molecule has 0 aliphatic carbocycles. The highest BCUT2D eigenvalue weighted by atomic mass is 19.1. The number of rotatable bonds is 3. The van der Waals surface area contributed by atoms with Gasteiger partial charge < -0.3 is 14.6 Å². The molecule has 3 heterocycles. The zero-order chi connectivity index (χ0) is 18.3. The maximum Gasteiger partial charge on any atom is 0.272 e. The first kappa shape index (κ1) is 16.6. The Bertz CT molecular complexity index is 963. The fourth-order valence-electron chi connectivity index (χ4n) is 3.37. The van der Waals surface area contributed by atoms with Crippen LogP contribution in [0.1, 0.15) is 35.6 Å². The van der Waals surface area contributed by atoms with E-state index in [0.29, 0.717) is 31.0 Å². The number of ether oxygens (including phenoxy) is 1. The minimum Gasteiger partial charge on any atom is -0.489 e. The van der Waals surface area contributed by atoms with E-state index in [4.69, 9.17) is 4.74 Å². The van der Waals surface area contributed by atoms with Crippen LogP contribution in [0.15, 0.2) is 36.5 Å². The molecule has 1 amide bonds. The molecule has 0 atom stereocenters. The second kappa shape index (κ2) is 6.44. The van der Waals surface area contributed by atoms with Crippen molar-refractivity contribution >= 4 is 16.8 Å². The van der Waals surface area contributed by atoms with E-state index in [0.717, 1.165) is 22.2 Å². The van der Waals surface area contributed by atoms with Crippen LogP contribution in [0.4, 0.5) is 4.39 Å². The quantitative estimate of drug-likeness (QED) is 0.781. The van der Waals surface area contributed by atoms with E-state index >= 15 is 0 Å². The van der Waals surface area contributed by atoms with Crippen LogP contribution in [0.25, 0.3) is 10.9 Å². The maximum absolute atomic E-state index is 13.6. The average Bonchev–Trinajstić information content (AvgIpc) is 2.98. The van der Waals surface area contributed by atoms with Gasteiger partial charge in [0.15, 0.2) is 0 Å². The molecule has 0 fully saturated rings. The van der Waals surface area contributed by atoms with Crippen LogP contribution in [0.2, 0.25) is 0 Å². The number of nitrogens with zero attached hydrogens (tertiary/aromatic N) is 2. The molecule has 6 heteroatoms. The van der Waals surface area contributed by atoms with Gasteiger partial charge in [-0.25, -0.2) is 9.37 Å². The third-order valence-corrected chi connectivity index (χ3v) is 4.55. The zero-order valence-corrected chi connectivity index (χ0v) is 14.8. The molecule has 1 aliphatic rings. The molecule has 0 spiro atoms. The molecule has 1 aromatic carbocycles. The van der Waals surface area contributed by atoms with Gasteiger partial charge in [0.05, 0.1) is 12.3 Å². The summed E-state index contributed by atoms with van der Waals surface area (Å²) in [5, 5.41) is 0.839. The summed E-state index contributed by atoms with van der Waals surface area (Å²) in [6, 6.07) is 8.15. The van der Waals surface area contributed by atoms with Crippen molar-refractivity contribution in [3.05, 3.63) is 59.3 Å². The smallest absolute Gasteiger partial charge is 0.272 e. The van der Waals surface area contributed by atoms with Crippen molar-refractivity contribution in [3.8, 4) is 5.75 Å². The number of carbonyl (C=O) groups excluding carboxylic acids is 1. The summed E-state index contributed by atoms with van der Waals surface area (Å²) in [5.74, 6) is 0.243. The number of aromatic nitrogens is 2. The molecule has 0 saturated heterocycles. The molecule has 26 heavy (non-hydrogen) atoms. The van der Waals surface area contributed by atoms with Crippen molar-refractivity contribution in [3.63, 3.8) is 0 Å². The van der Waals surface area contributed by atoms with E-state index in [-0.39, 0.29) is 17.8 Å². The first-order valence-corrected chi connectivity index (χ1v) is 8.72. The Morgan fingerprint density at radius 1 is 1.31 bits per heavy atom. The average molecular weight is 353 g/mol. The number of nitrogens with one attached hydrogen (secondary N) is 1. The van der Waals surface area contributed by atoms with Crippen LogP contribution in [-0.4, -0.2) is 33.4 Å². The van der Waals surface area contributed by atoms with Gasteiger partial charge in [0.1, 0.15) is 17.3 Å². The second-order valence-corrected chi connectivity index (χ2v) is 6.79. The summed E-state index contributed by atoms with van der Waals surface area (Å²) < 4.78 is 19.2. The highest BCUT2D eigenvalue weighted by molar-refractivity contribution is 5.93. The van der Waals surface area contributed by atoms with Crippen molar-refractivity contribution in [2.45, 2.75) is 32.9 Å². The minimum absolute atomic E-state index is 0.0566. The summed E-state index contributed by atoms with van der Waals surface area (Å²) in [6.45, 7) is 4.93. The number of fused-ring (bicyclic) bond motifs is 3. The van der Waals surface area contributed by atoms with Gasteiger partial charge in [-0.1, -0.05) is 0 Å². The molecule has 2 aromatic heterocycles. The molecule has 0 bridgehead atoms. The van der Waals surface area contributed by atoms with E-state index in [1.54, 1.807) is 29.3 Å². The van der Waals surface area contributed by atoms with Gasteiger partial charge in [-0.3, -0.25) is 4.79 Å². The number of aromatic amines is 1. The fourth-order valence-corrected chi connectivity index (χ4v) is 3.37. The molecule has 0 radical (unpaired) electrons. The second-order valence-electron chi connectivity index (χ2n) is 6.79. The van der Waals surface area contributed by atoms with Crippen molar-refractivity contribution in [1.82, 2.24) is 14.9 Å². The number of hydrogen-bond donors (Lipinski definition) is 1. The highest BCUT2D eigenvalue weighted by Gasteiger charge is 2.25. The predicted molar refractivity (Wildman–Crippen MR) is 96.7 cm³/mol. The van der Waals surface area contributed by atoms with Gasteiger partial charge >= 0.3 is 0 Å². The Morgan fingerprint density at radius 3 is 2.88 bits per heavy atom. The summed E-state index contributed by atoms with van der Waals surface area (Å²) in [6.07, 6.45) is 2.34. The van der Waals surface area contributed by atoms with Gasteiger partial charge in [0, 0.05) is 41.7 Å². The molecule has 1 N–H and O–H groups in total. The van der Waals surface area contributed by atoms with Gasteiger partial charge in [0.2, 0.25) is 0 Å². The fraction of sp³-hybridized carbons (Fsp3) is 0.300. The molecule has 1 aliphatic heterocycles. The van der Waals surface area contributed by atoms with Gasteiger partial charge in [-0.15, -0.1) is 0 Å². The third-order valence-electron chi connectivity index (χ3n) is 4.55. The number of hydrogen-bond acceptors (Lipinski definition) is 3. The summed E-state index contributed by atoms with van der Waals surface area (Å²) in [4.78, 5) is 22.1. The summed E-state index contributed by atoms with van der Waals surface area (Å²) in [7, 11) is 0. The SMILES string of the molecule is CC(C)Oc1ccc(C(=O)N2CCc3[nH]c4ccc(F)cc4c3C2)nc1. The molecular weight excluding hydrogens is 333 g/mol. The first-order chi connectivity index (χ1) is 12.5. The zero-order valence-electron chi connectivity index (χ0n) is 14.8. The van der Waals surface area contributed by atoms with Gasteiger partial charge in [-0.05, 0) is 44.2 Å². The number of carbonyl (C=O) groups is 1. The first-order valence-electron chi connectivity index (χ1n) is 8.72. The highest BCUT2D eigenvalue weighted by Crippen LogP contribution is 2.29. The molecule has 0 unspecified atom stereocenters. The lowest BCUT2D eigenvalue weighted by Gasteiger charge is -2.27. The van der Waals surface area contributed by atoms with E-state index < -0.39 is 0 Å². The lowest BCUT2D eigenvalue weighted by atomic mass is 10.0. The molecule has 0 saturated carbocycles.